The molecular weight excluding hydrogens is 427 g/mol. The van der Waals surface area contributed by atoms with Crippen LogP contribution in [0.4, 0.5) is 13.2 Å². The molecule has 2 aromatic heterocycles. The van der Waals surface area contributed by atoms with Gasteiger partial charge in [0, 0.05) is 32.2 Å². The molecule has 3 aromatic rings. The van der Waals surface area contributed by atoms with Gasteiger partial charge in [-0.1, -0.05) is 0 Å². The Morgan fingerprint density at radius 3 is 2.84 bits per heavy atom. The molecule has 32 heavy (non-hydrogen) atoms. The lowest BCUT2D eigenvalue weighted by Gasteiger charge is -2.24. The highest BCUT2D eigenvalue weighted by atomic mass is 19.3. The smallest absolute Gasteiger partial charge is 0.281 e. The Labute approximate surface area is 181 Å². The second-order valence-corrected chi connectivity index (χ2v) is 7.45. The van der Waals surface area contributed by atoms with Crippen LogP contribution in [0, 0.1) is 11.7 Å². The molecule has 2 atom stereocenters. The minimum absolute atomic E-state index is 0.0878. The minimum Gasteiger partial charge on any atom is -0.383 e. The fraction of sp³-hybridized carbons (Fsp3) is 0.429. The molecule has 0 bridgehead atoms. The molecular formula is C21H22F3N5O3. The van der Waals surface area contributed by atoms with Crippen molar-refractivity contribution in [3.63, 3.8) is 0 Å². The number of ether oxygens (including phenoxy) is 2. The van der Waals surface area contributed by atoms with Crippen LogP contribution in [-0.2, 0) is 16.0 Å². The predicted molar refractivity (Wildman–Crippen MR) is 108 cm³/mol. The lowest BCUT2D eigenvalue weighted by atomic mass is 9.98. The number of carbonyl (C=O) groups is 1. The summed E-state index contributed by atoms with van der Waals surface area (Å²) in [7, 11) is 1.57. The van der Waals surface area contributed by atoms with E-state index in [4.69, 9.17) is 9.47 Å². The van der Waals surface area contributed by atoms with E-state index in [2.05, 4.69) is 20.3 Å². The van der Waals surface area contributed by atoms with Gasteiger partial charge in [-0.2, -0.15) is 0 Å². The number of rotatable bonds is 8. The molecule has 3 heterocycles. The normalized spacial score (nSPS) is 17.2. The number of carbonyl (C=O) groups excluding carboxylic acids is 1. The van der Waals surface area contributed by atoms with Crippen LogP contribution in [0.15, 0.2) is 30.6 Å². The highest BCUT2D eigenvalue weighted by molar-refractivity contribution is 5.92. The topological polar surface area (TPSA) is 91.2 Å². The van der Waals surface area contributed by atoms with E-state index in [9.17, 15) is 18.0 Å². The van der Waals surface area contributed by atoms with Crippen molar-refractivity contribution >= 4 is 16.9 Å². The Morgan fingerprint density at radius 2 is 2.19 bits per heavy atom. The molecule has 1 amide bonds. The zero-order valence-corrected chi connectivity index (χ0v) is 17.3. The molecule has 1 aliphatic heterocycles. The fourth-order valence-electron chi connectivity index (χ4n) is 3.77. The quantitative estimate of drug-likeness (QED) is 0.569. The Balaban J connectivity index is 1.70. The van der Waals surface area contributed by atoms with Gasteiger partial charge >= 0.3 is 0 Å². The number of nitrogens with one attached hydrogen (secondary N) is 1. The number of halogens is 3. The Morgan fingerprint density at radius 1 is 1.34 bits per heavy atom. The highest BCUT2D eigenvalue weighted by Gasteiger charge is 2.33. The van der Waals surface area contributed by atoms with Gasteiger partial charge in [0.25, 0.3) is 12.3 Å². The number of alkyl halides is 2. The van der Waals surface area contributed by atoms with Crippen LogP contribution in [0.2, 0.25) is 0 Å². The molecule has 1 fully saturated rings. The molecule has 4 rings (SSSR count). The zero-order valence-electron chi connectivity index (χ0n) is 17.3. The number of benzene rings is 1. The SMILES string of the molecule is COCCn1c([C@@H](NC(=O)c2cnc(C(F)F)cn2)[C@H]2CCOC2)nc2cc(F)ccc21. The van der Waals surface area contributed by atoms with E-state index < -0.39 is 29.9 Å². The minimum atomic E-state index is -2.77. The molecule has 1 aromatic carbocycles. The summed E-state index contributed by atoms with van der Waals surface area (Å²) in [5.74, 6) is -0.551. The van der Waals surface area contributed by atoms with Crippen LogP contribution in [0.25, 0.3) is 11.0 Å². The number of imidazole rings is 1. The third kappa shape index (κ3) is 4.58. The first-order valence-electron chi connectivity index (χ1n) is 10.1. The van der Waals surface area contributed by atoms with Gasteiger partial charge < -0.3 is 19.4 Å². The van der Waals surface area contributed by atoms with Crippen LogP contribution in [0.3, 0.4) is 0 Å². The number of methoxy groups -OCH3 is 1. The van der Waals surface area contributed by atoms with Crippen LogP contribution in [0.5, 0.6) is 0 Å². The maximum atomic E-state index is 13.8. The second kappa shape index (κ2) is 9.61. The van der Waals surface area contributed by atoms with Gasteiger partial charge in [-0.15, -0.1) is 0 Å². The summed E-state index contributed by atoms with van der Waals surface area (Å²) in [6.07, 6.45) is -0.196. The maximum absolute atomic E-state index is 13.8. The van der Waals surface area contributed by atoms with E-state index in [1.54, 1.807) is 13.2 Å². The number of nitrogens with zero attached hydrogens (tertiary/aromatic N) is 4. The van der Waals surface area contributed by atoms with Crippen LogP contribution >= 0.6 is 0 Å². The summed E-state index contributed by atoms with van der Waals surface area (Å²) in [5.41, 5.74) is 0.558. The van der Waals surface area contributed by atoms with E-state index in [-0.39, 0.29) is 11.6 Å². The number of hydrogen-bond donors (Lipinski definition) is 1. The van der Waals surface area contributed by atoms with Gasteiger partial charge in [0.1, 0.15) is 23.0 Å². The largest absolute Gasteiger partial charge is 0.383 e. The van der Waals surface area contributed by atoms with E-state index in [0.29, 0.717) is 49.6 Å². The Bertz CT molecular complexity index is 1080. The molecule has 8 nitrogen and oxygen atoms in total. The number of aromatic nitrogens is 4. The monoisotopic (exact) mass is 449 g/mol. The molecule has 1 saturated heterocycles. The molecule has 11 heteroatoms. The van der Waals surface area contributed by atoms with Crippen molar-refractivity contribution in [2.45, 2.75) is 25.4 Å². The lowest BCUT2D eigenvalue weighted by Crippen LogP contribution is -2.36. The number of hydrogen-bond acceptors (Lipinski definition) is 6. The summed E-state index contributed by atoms with van der Waals surface area (Å²) >= 11 is 0. The van der Waals surface area contributed by atoms with Gasteiger partial charge in [0.05, 0.1) is 42.7 Å². The predicted octanol–water partition coefficient (Wildman–Crippen LogP) is 3.06. The first-order chi connectivity index (χ1) is 15.5. The Hall–Kier alpha value is -3.05. The second-order valence-electron chi connectivity index (χ2n) is 7.45. The van der Waals surface area contributed by atoms with Crippen LogP contribution in [0.1, 0.15) is 40.9 Å². The molecule has 0 unspecified atom stereocenters. The number of amides is 1. The standard InChI is InChI=1S/C21H22F3N5O3/c1-31-7-5-29-17-3-2-13(22)8-14(17)27-20(29)18(12-4-6-32-11-12)28-21(30)16-10-25-15(9-26-16)19(23)24/h2-3,8-10,12,18-19H,4-7,11H2,1H3,(H,28,30)/t12-,18-/m0/s1. The maximum Gasteiger partial charge on any atom is 0.281 e. The van der Waals surface area contributed by atoms with Gasteiger partial charge in [-0.25, -0.2) is 23.1 Å². The molecule has 0 spiro atoms. The molecule has 1 N–H and O–H groups in total. The summed E-state index contributed by atoms with van der Waals surface area (Å²) in [6, 6.07) is 3.74. The molecule has 0 saturated carbocycles. The molecule has 1 aliphatic rings. The van der Waals surface area contributed by atoms with E-state index in [1.165, 1.54) is 12.1 Å². The lowest BCUT2D eigenvalue weighted by molar-refractivity contribution is 0.0903. The van der Waals surface area contributed by atoms with Crippen molar-refractivity contribution < 1.29 is 27.4 Å². The summed E-state index contributed by atoms with van der Waals surface area (Å²) in [5, 5.41) is 2.91. The zero-order chi connectivity index (χ0) is 22.7. The molecule has 170 valence electrons. The fourth-order valence-corrected chi connectivity index (χ4v) is 3.77. The van der Waals surface area contributed by atoms with Gasteiger partial charge in [0.15, 0.2) is 0 Å². The average Bonchev–Trinajstić information content (AvgIpc) is 3.44. The molecule has 0 radical (unpaired) electrons. The first kappa shape index (κ1) is 22.2. The van der Waals surface area contributed by atoms with Crippen molar-refractivity contribution in [1.29, 1.82) is 0 Å². The third-order valence-corrected chi connectivity index (χ3v) is 5.39. The van der Waals surface area contributed by atoms with E-state index in [0.717, 1.165) is 12.4 Å². The summed E-state index contributed by atoms with van der Waals surface area (Å²) in [6.45, 7) is 1.77. The van der Waals surface area contributed by atoms with Crippen molar-refractivity contribution in [3.05, 3.63) is 53.6 Å². The Kier molecular flexibility index (Phi) is 6.66. The third-order valence-electron chi connectivity index (χ3n) is 5.39. The van der Waals surface area contributed by atoms with E-state index >= 15 is 0 Å². The van der Waals surface area contributed by atoms with Gasteiger partial charge in [0.2, 0.25) is 0 Å². The first-order valence-corrected chi connectivity index (χ1v) is 10.1. The van der Waals surface area contributed by atoms with Gasteiger partial charge in [-0.3, -0.25) is 9.78 Å². The summed E-state index contributed by atoms with van der Waals surface area (Å²) in [4.78, 5) is 24.9. The highest BCUT2D eigenvalue weighted by Crippen LogP contribution is 2.31. The van der Waals surface area contributed by atoms with E-state index in [1.807, 2.05) is 4.57 Å². The van der Waals surface area contributed by atoms with Crippen LogP contribution in [-0.4, -0.2) is 52.4 Å². The van der Waals surface area contributed by atoms with Crippen LogP contribution < -0.4 is 5.32 Å². The van der Waals surface area contributed by atoms with Crippen molar-refractivity contribution in [2.24, 2.45) is 5.92 Å². The van der Waals surface area contributed by atoms with Crippen molar-refractivity contribution in [1.82, 2.24) is 24.8 Å². The summed E-state index contributed by atoms with van der Waals surface area (Å²) < 4.78 is 51.9. The number of fused-ring (bicyclic) bond motifs is 1. The average molecular weight is 449 g/mol. The molecule has 0 aliphatic carbocycles. The van der Waals surface area contributed by atoms with Gasteiger partial charge in [-0.05, 0) is 18.6 Å². The van der Waals surface area contributed by atoms with Crippen molar-refractivity contribution in [2.75, 3.05) is 26.9 Å². The van der Waals surface area contributed by atoms with Crippen molar-refractivity contribution in [3.8, 4) is 0 Å².